The van der Waals surface area contributed by atoms with Crippen LogP contribution in [0.2, 0.25) is 10.2 Å². The van der Waals surface area contributed by atoms with Crippen LogP contribution < -0.4 is 10.6 Å². The van der Waals surface area contributed by atoms with Gasteiger partial charge in [-0.05, 0) is 72.8 Å². The number of nitrogens with zero attached hydrogens (tertiary/aromatic N) is 7. The van der Waals surface area contributed by atoms with Crippen LogP contribution in [0.25, 0.3) is 23.0 Å². The van der Waals surface area contributed by atoms with Crippen molar-refractivity contribution in [3.63, 3.8) is 0 Å². The number of carbonyl (C=O) groups excluding carboxylic acids is 3. The first-order valence-electron chi connectivity index (χ1n) is 15.5. The number of halogens is 2. The number of methoxy groups -OCH3 is 1. The van der Waals surface area contributed by atoms with E-state index < -0.39 is 18.0 Å². The molecule has 1 aliphatic heterocycles. The molecule has 1 fully saturated rings. The number of carbonyl (C=O) groups is 3. The lowest BCUT2D eigenvalue weighted by molar-refractivity contribution is -0.131. The SMILES string of the molecule is CCCN1CCCN(C(=O)C[C@H](NC(=O)/C=C/c2cc(Cl)ccc2-n2cnnn2)c2nc(-c3ccc(NC(=O)OC)cc3)c(Cl)[nH]2)CC1. The third-order valence-corrected chi connectivity index (χ3v) is 8.28. The smallest absolute Gasteiger partial charge is 0.411 e. The van der Waals surface area contributed by atoms with E-state index in [2.05, 4.69) is 47.7 Å². The third kappa shape index (κ3) is 8.97. The zero-order chi connectivity index (χ0) is 34.0. The molecule has 0 radical (unpaired) electrons. The largest absolute Gasteiger partial charge is 0.453 e. The summed E-state index contributed by atoms with van der Waals surface area (Å²) in [5.74, 6) is -0.250. The molecule has 252 valence electrons. The average Bonchev–Trinajstić information content (AvgIpc) is 3.69. The van der Waals surface area contributed by atoms with Crippen LogP contribution in [0, 0.1) is 0 Å². The van der Waals surface area contributed by atoms with Gasteiger partial charge in [-0.3, -0.25) is 14.9 Å². The third-order valence-electron chi connectivity index (χ3n) is 7.77. The van der Waals surface area contributed by atoms with Gasteiger partial charge >= 0.3 is 6.09 Å². The monoisotopic (exact) mass is 694 g/mol. The Bertz CT molecular complexity index is 1740. The van der Waals surface area contributed by atoms with Crippen molar-refractivity contribution in [2.45, 2.75) is 32.2 Å². The van der Waals surface area contributed by atoms with Gasteiger partial charge in [0.05, 0.1) is 25.3 Å². The van der Waals surface area contributed by atoms with Gasteiger partial charge in [-0.1, -0.05) is 42.3 Å². The molecule has 1 saturated heterocycles. The number of ether oxygens (including phenoxy) is 1. The van der Waals surface area contributed by atoms with Crippen molar-refractivity contribution in [2.24, 2.45) is 0 Å². The number of aromatic nitrogens is 6. The molecule has 3 N–H and O–H groups in total. The molecule has 0 unspecified atom stereocenters. The predicted octanol–water partition coefficient (Wildman–Crippen LogP) is 4.74. The van der Waals surface area contributed by atoms with Crippen molar-refractivity contribution in [1.82, 2.24) is 45.3 Å². The molecule has 1 aliphatic rings. The topological polar surface area (TPSA) is 163 Å². The molecule has 0 saturated carbocycles. The van der Waals surface area contributed by atoms with E-state index in [1.54, 1.807) is 48.5 Å². The Labute approximate surface area is 287 Å². The van der Waals surface area contributed by atoms with Crippen LogP contribution in [0.4, 0.5) is 10.5 Å². The number of rotatable bonds is 11. The number of hydrogen-bond donors (Lipinski definition) is 3. The molecule has 48 heavy (non-hydrogen) atoms. The number of nitrogens with one attached hydrogen (secondary N) is 3. The minimum absolute atomic E-state index is 0.0360. The highest BCUT2D eigenvalue weighted by Gasteiger charge is 2.27. The molecule has 3 heterocycles. The van der Waals surface area contributed by atoms with Gasteiger partial charge in [-0.25, -0.2) is 9.78 Å². The van der Waals surface area contributed by atoms with Crippen LogP contribution in [0.15, 0.2) is 54.9 Å². The van der Waals surface area contributed by atoms with Crippen molar-refractivity contribution < 1.29 is 19.1 Å². The van der Waals surface area contributed by atoms with Gasteiger partial charge in [0.15, 0.2) is 0 Å². The summed E-state index contributed by atoms with van der Waals surface area (Å²) in [6, 6.07) is 11.2. The van der Waals surface area contributed by atoms with Crippen molar-refractivity contribution in [2.75, 3.05) is 45.2 Å². The molecular formula is C32H36Cl2N10O4. The van der Waals surface area contributed by atoms with Gasteiger partial charge in [-0.2, -0.15) is 4.68 Å². The lowest BCUT2D eigenvalue weighted by Crippen LogP contribution is -2.38. The second-order valence-electron chi connectivity index (χ2n) is 11.1. The summed E-state index contributed by atoms with van der Waals surface area (Å²) in [6.07, 6.45) is 5.67. The van der Waals surface area contributed by atoms with Crippen LogP contribution in [-0.2, 0) is 14.3 Å². The number of benzene rings is 2. The fourth-order valence-corrected chi connectivity index (χ4v) is 5.84. The average molecular weight is 696 g/mol. The predicted molar refractivity (Wildman–Crippen MR) is 182 cm³/mol. The van der Waals surface area contributed by atoms with E-state index >= 15 is 0 Å². The second kappa shape index (κ2) is 16.4. The van der Waals surface area contributed by atoms with Gasteiger partial charge < -0.3 is 24.8 Å². The highest BCUT2D eigenvalue weighted by Crippen LogP contribution is 2.30. The fourth-order valence-electron chi connectivity index (χ4n) is 5.41. The van der Waals surface area contributed by atoms with E-state index in [-0.39, 0.29) is 17.5 Å². The number of imidazole rings is 1. The van der Waals surface area contributed by atoms with Crippen molar-refractivity contribution in [3.8, 4) is 16.9 Å². The Morgan fingerprint density at radius 1 is 1.08 bits per heavy atom. The molecule has 3 amide bonds. The summed E-state index contributed by atoms with van der Waals surface area (Å²) in [6.45, 7) is 6.09. The quantitative estimate of drug-likeness (QED) is 0.188. The highest BCUT2D eigenvalue weighted by atomic mass is 35.5. The standard InChI is InChI=1S/C32H36Cl2N10O4/c1-3-13-42-14-4-15-43(17-16-42)28(46)19-25(31-38-29(30(34)39-31)21-5-9-24(10-6-21)36-32(47)48-2)37-27(45)12-7-22-18-23(33)8-11-26(22)44-20-35-40-41-44/h5-12,18,20,25H,3-4,13-17,19H2,1-2H3,(H,36,47)(H,37,45)(H,38,39)/b12-7+/t25-/m0/s1. The number of aromatic amines is 1. The molecule has 5 rings (SSSR count). The van der Waals surface area contributed by atoms with E-state index in [9.17, 15) is 14.4 Å². The van der Waals surface area contributed by atoms with Gasteiger partial charge in [0.1, 0.15) is 23.0 Å². The summed E-state index contributed by atoms with van der Waals surface area (Å²) in [4.78, 5) is 50.6. The number of H-pyrrole nitrogens is 1. The molecular weight excluding hydrogens is 659 g/mol. The molecule has 4 aromatic rings. The van der Waals surface area contributed by atoms with Crippen LogP contribution in [0.1, 0.15) is 43.6 Å². The molecule has 2 aromatic carbocycles. The van der Waals surface area contributed by atoms with Gasteiger partial charge in [0, 0.05) is 47.5 Å². The first-order valence-corrected chi connectivity index (χ1v) is 16.2. The van der Waals surface area contributed by atoms with Crippen LogP contribution in [0.3, 0.4) is 0 Å². The Hall–Kier alpha value is -4.79. The summed E-state index contributed by atoms with van der Waals surface area (Å²) in [5, 5.41) is 17.5. The lowest BCUT2D eigenvalue weighted by atomic mass is 10.1. The Morgan fingerprint density at radius 3 is 2.62 bits per heavy atom. The number of anilines is 1. The molecule has 0 spiro atoms. The Balaban J connectivity index is 1.38. The van der Waals surface area contributed by atoms with Gasteiger partial charge in [0.2, 0.25) is 11.8 Å². The maximum Gasteiger partial charge on any atom is 0.411 e. The lowest BCUT2D eigenvalue weighted by Gasteiger charge is -2.24. The van der Waals surface area contributed by atoms with Gasteiger partial charge in [0.25, 0.3) is 0 Å². The van der Waals surface area contributed by atoms with Crippen molar-refractivity contribution in [1.29, 1.82) is 0 Å². The maximum absolute atomic E-state index is 13.7. The zero-order valence-electron chi connectivity index (χ0n) is 26.5. The van der Waals surface area contributed by atoms with E-state index in [0.29, 0.717) is 52.1 Å². The zero-order valence-corrected chi connectivity index (χ0v) is 28.0. The first kappa shape index (κ1) is 34.5. The van der Waals surface area contributed by atoms with E-state index in [0.717, 1.165) is 32.5 Å². The van der Waals surface area contributed by atoms with Gasteiger partial charge in [-0.15, -0.1) is 5.10 Å². The van der Waals surface area contributed by atoms with Crippen molar-refractivity contribution >= 4 is 52.9 Å². The fraction of sp³-hybridized carbons (Fsp3) is 0.344. The molecule has 1 atom stereocenters. The molecule has 14 nitrogen and oxygen atoms in total. The first-order chi connectivity index (χ1) is 23.2. The number of amides is 3. The minimum atomic E-state index is -0.825. The molecule has 16 heteroatoms. The Morgan fingerprint density at radius 2 is 1.90 bits per heavy atom. The van der Waals surface area contributed by atoms with Crippen molar-refractivity contribution in [3.05, 3.63) is 76.4 Å². The number of hydrogen-bond acceptors (Lipinski definition) is 9. The number of tetrazole rings is 1. The molecule has 0 aliphatic carbocycles. The normalized spacial score (nSPS) is 14.5. The van der Waals surface area contributed by atoms with Crippen LogP contribution in [-0.4, -0.2) is 97.7 Å². The maximum atomic E-state index is 13.7. The summed E-state index contributed by atoms with van der Waals surface area (Å²) in [5.41, 5.74) is 2.83. The highest BCUT2D eigenvalue weighted by molar-refractivity contribution is 6.32. The van der Waals surface area contributed by atoms with Crippen LogP contribution in [0.5, 0.6) is 0 Å². The van der Waals surface area contributed by atoms with E-state index in [1.807, 2.05) is 4.90 Å². The van der Waals surface area contributed by atoms with Crippen LogP contribution >= 0.6 is 23.2 Å². The molecule has 2 aromatic heterocycles. The van der Waals surface area contributed by atoms with E-state index in [1.165, 1.54) is 24.2 Å². The summed E-state index contributed by atoms with van der Waals surface area (Å²) >= 11 is 12.9. The summed E-state index contributed by atoms with van der Waals surface area (Å²) < 4.78 is 6.10. The van der Waals surface area contributed by atoms with E-state index in [4.69, 9.17) is 28.2 Å². The second-order valence-corrected chi connectivity index (χ2v) is 11.9. The summed E-state index contributed by atoms with van der Waals surface area (Å²) in [7, 11) is 1.28. The Kier molecular flexibility index (Phi) is 11.8. The minimum Gasteiger partial charge on any atom is -0.453 e. The molecule has 0 bridgehead atoms.